The lowest BCUT2D eigenvalue weighted by atomic mass is 9.63. The standard InChI is InChI=1S/C12H20N2O/c1-4-9(2)7-14-11(15)12(8-13)5-10(3)6-12/h9-10H,4-7H2,1-3H3,(H,14,15). The molecule has 1 aliphatic carbocycles. The average Bonchev–Trinajstić information content (AvgIpc) is 2.20. The van der Waals surface area contributed by atoms with E-state index in [0.29, 0.717) is 18.4 Å². The van der Waals surface area contributed by atoms with Crippen LogP contribution in [0.4, 0.5) is 0 Å². The highest BCUT2D eigenvalue weighted by atomic mass is 16.2. The van der Waals surface area contributed by atoms with E-state index in [-0.39, 0.29) is 5.91 Å². The highest BCUT2D eigenvalue weighted by molar-refractivity contribution is 5.86. The predicted octanol–water partition coefficient (Wildman–Crippen LogP) is 2.09. The second-order valence-electron chi connectivity index (χ2n) is 4.93. The highest BCUT2D eigenvalue weighted by Gasteiger charge is 2.48. The first-order chi connectivity index (χ1) is 7.04. The fraction of sp³-hybridized carbons (Fsp3) is 0.833. The number of nitrogens with zero attached hydrogens (tertiary/aromatic N) is 1. The fourth-order valence-electron chi connectivity index (χ4n) is 2.04. The van der Waals surface area contributed by atoms with E-state index in [9.17, 15) is 4.79 Å². The third kappa shape index (κ3) is 2.50. The smallest absolute Gasteiger partial charge is 0.240 e. The molecule has 84 valence electrons. The summed E-state index contributed by atoms with van der Waals surface area (Å²) in [6, 6.07) is 2.17. The molecule has 0 saturated heterocycles. The van der Waals surface area contributed by atoms with Gasteiger partial charge in [-0.1, -0.05) is 27.2 Å². The van der Waals surface area contributed by atoms with Gasteiger partial charge in [-0.15, -0.1) is 0 Å². The number of rotatable bonds is 4. The van der Waals surface area contributed by atoms with Gasteiger partial charge in [-0.25, -0.2) is 0 Å². The first-order valence-electron chi connectivity index (χ1n) is 5.73. The van der Waals surface area contributed by atoms with E-state index >= 15 is 0 Å². The average molecular weight is 208 g/mol. The van der Waals surface area contributed by atoms with Gasteiger partial charge in [0.25, 0.3) is 0 Å². The van der Waals surface area contributed by atoms with Crippen LogP contribution in [0.15, 0.2) is 0 Å². The van der Waals surface area contributed by atoms with Crippen LogP contribution in [0.5, 0.6) is 0 Å². The molecular formula is C12H20N2O. The quantitative estimate of drug-likeness (QED) is 0.769. The maximum Gasteiger partial charge on any atom is 0.240 e. The third-order valence-corrected chi connectivity index (χ3v) is 3.35. The molecule has 3 heteroatoms. The summed E-state index contributed by atoms with van der Waals surface area (Å²) in [5.41, 5.74) is -0.715. The van der Waals surface area contributed by atoms with Gasteiger partial charge in [0.2, 0.25) is 5.91 Å². The first kappa shape index (κ1) is 12.0. The van der Waals surface area contributed by atoms with Gasteiger partial charge in [0.05, 0.1) is 6.07 Å². The summed E-state index contributed by atoms with van der Waals surface area (Å²) in [6.45, 7) is 6.97. The van der Waals surface area contributed by atoms with E-state index in [1.807, 2.05) is 0 Å². The molecule has 1 unspecified atom stereocenters. The molecule has 1 fully saturated rings. The van der Waals surface area contributed by atoms with Crippen LogP contribution in [0.3, 0.4) is 0 Å². The number of carbonyl (C=O) groups is 1. The van der Waals surface area contributed by atoms with Crippen molar-refractivity contribution in [3.05, 3.63) is 0 Å². The molecule has 1 saturated carbocycles. The van der Waals surface area contributed by atoms with Crippen molar-refractivity contribution in [3.63, 3.8) is 0 Å². The van der Waals surface area contributed by atoms with Gasteiger partial charge in [-0.2, -0.15) is 5.26 Å². The van der Waals surface area contributed by atoms with Gasteiger partial charge >= 0.3 is 0 Å². The molecule has 0 aromatic heterocycles. The van der Waals surface area contributed by atoms with Crippen LogP contribution in [-0.2, 0) is 4.79 Å². The van der Waals surface area contributed by atoms with E-state index in [0.717, 1.165) is 19.3 Å². The normalized spacial score (nSPS) is 31.2. The molecule has 1 aliphatic rings. The number of hydrogen-bond acceptors (Lipinski definition) is 2. The maximum atomic E-state index is 11.8. The lowest BCUT2D eigenvalue weighted by Crippen LogP contribution is -2.48. The zero-order valence-electron chi connectivity index (χ0n) is 9.84. The molecule has 0 aromatic rings. The van der Waals surface area contributed by atoms with E-state index in [2.05, 4.69) is 32.2 Å². The summed E-state index contributed by atoms with van der Waals surface area (Å²) in [7, 11) is 0. The minimum atomic E-state index is -0.715. The van der Waals surface area contributed by atoms with Crippen LogP contribution < -0.4 is 5.32 Å². The predicted molar refractivity (Wildman–Crippen MR) is 58.9 cm³/mol. The van der Waals surface area contributed by atoms with Crippen molar-refractivity contribution in [1.29, 1.82) is 5.26 Å². The Hall–Kier alpha value is -1.04. The summed E-state index contributed by atoms with van der Waals surface area (Å²) in [6.07, 6.45) is 2.49. The number of nitriles is 1. The minimum absolute atomic E-state index is 0.0663. The molecule has 1 N–H and O–H groups in total. The van der Waals surface area contributed by atoms with Crippen molar-refractivity contribution in [1.82, 2.24) is 5.32 Å². The molecule has 0 aliphatic heterocycles. The van der Waals surface area contributed by atoms with Crippen molar-refractivity contribution in [3.8, 4) is 6.07 Å². The summed E-state index contributed by atoms with van der Waals surface area (Å²) >= 11 is 0. The Balaban J connectivity index is 2.43. The Morgan fingerprint density at radius 2 is 2.27 bits per heavy atom. The van der Waals surface area contributed by atoms with Gasteiger partial charge in [0, 0.05) is 6.54 Å². The first-order valence-corrected chi connectivity index (χ1v) is 5.73. The van der Waals surface area contributed by atoms with Gasteiger partial charge < -0.3 is 5.32 Å². The van der Waals surface area contributed by atoms with Crippen LogP contribution in [0.1, 0.15) is 40.0 Å². The molecule has 0 bridgehead atoms. The van der Waals surface area contributed by atoms with Gasteiger partial charge in [-0.3, -0.25) is 4.79 Å². The van der Waals surface area contributed by atoms with Gasteiger partial charge in [0.15, 0.2) is 0 Å². The minimum Gasteiger partial charge on any atom is -0.354 e. The molecule has 1 atom stereocenters. The Kier molecular flexibility index (Phi) is 3.73. The zero-order chi connectivity index (χ0) is 11.5. The monoisotopic (exact) mass is 208 g/mol. The summed E-state index contributed by atoms with van der Waals surface area (Å²) in [4.78, 5) is 11.8. The van der Waals surface area contributed by atoms with Crippen LogP contribution in [-0.4, -0.2) is 12.5 Å². The van der Waals surface area contributed by atoms with E-state index in [1.165, 1.54) is 0 Å². The number of hydrogen-bond donors (Lipinski definition) is 1. The number of carbonyl (C=O) groups excluding carboxylic acids is 1. The van der Waals surface area contributed by atoms with E-state index < -0.39 is 5.41 Å². The van der Waals surface area contributed by atoms with Gasteiger partial charge in [-0.05, 0) is 24.7 Å². The van der Waals surface area contributed by atoms with Crippen molar-refractivity contribution in [2.24, 2.45) is 17.3 Å². The Morgan fingerprint density at radius 1 is 1.67 bits per heavy atom. The lowest BCUT2D eigenvalue weighted by Gasteiger charge is -2.39. The highest BCUT2D eigenvalue weighted by Crippen LogP contribution is 2.44. The van der Waals surface area contributed by atoms with Crippen LogP contribution >= 0.6 is 0 Å². The Morgan fingerprint density at radius 3 is 2.67 bits per heavy atom. The molecular weight excluding hydrogens is 188 g/mol. The van der Waals surface area contributed by atoms with Crippen molar-refractivity contribution in [2.45, 2.75) is 40.0 Å². The molecule has 1 rings (SSSR count). The molecule has 0 heterocycles. The molecule has 0 aromatic carbocycles. The Bertz CT molecular complexity index is 274. The zero-order valence-corrected chi connectivity index (χ0v) is 9.84. The van der Waals surface area contributed by atoms with Crippen molar-refractivity contribution < 1.29 is 4.79 Å². The largest absolute Gasteiger partial charge is 0.354 e. The summed E-state index contributed by atoms with van der Waals surface area (Å²) < 4.78 is 0. The van der Waals surface area contributed by atoms with Gasteiger partial charge in [0.1, 0.15) is 5.41 Å². The van der Waals surface area contributed by atoms with Crippen LogP contribution in [0, 0.1) is 28.6 Å². The molecule has 0 radical (unpaired) electrons. The second kappa shape index (κ2) is 4.65. The molecule has 15 heavy (non-hydrogen) atoms. The summed E-state index contributed by atoms with van der Waals surface area (Å²) in [5.74, 6) is 0.935. The topological polar surface area (TPSA) is 52.9 Å². The lowest BCUT2D eigenvalue weighted by molar-refractivity contribution is -0.134. The SMILES string of the molecule is CCC(C)CNC(=O)C1(C#N)CC(C)C1. The van der Waals surface area contributed by atoms with Crippen LogP contribution in [0.25, 0.3) is 0 Å². The number of nitrogens with one attached hydrogen (secondary N) is 1. The van der Waals surface area contributed by atoms with Crippen molar-refractivity contribution in [2.75, 3.05) is 6.54 Å². The summed E-state index contributed by atoms with van der Waals surface area (Å²) in [5, 5.41) is 11.9. The van der Waals surface area contributed by atoms with Crippen LogP contribution in [0.2, 0.25) is 0 Å². The molecule has 3 nitrogen and oxygen atoms in total. The number of amides is 1. The maximum absolute atomic E-state index is 11.8. The Labute approximate surface area is 91.9 Å². The van der Waals surface area contributed by atoms with Crippen molar-refractivity contribution >= 4 is 5.91 Å². The second-order valence-corrected chi connectivity index (χ2v) is 4.93. The third-order valence-electron chi connectivity index (χ3n) is 3.35. The molecule has 1 amide bonds. The van der Waals surface area contributed by atoms with E-state index in [1.54, 1.807) is 0 Å². The molecule has 0 spiro atoms. The van der Waals surface area contributed by atoms with E-state index in [4.69, 9.17) is 5.26 Å². The fourth-order valence-corrected chi connectivity index (χ4v) is 2.04.